The van der Waals surface area contributed by atoms with Crippen LogP contribution in [0.4, 0.5) is 0 Å². The number of benzene rings is 1. The Labute approximate surface area is 137 Å². The van der Waals surface area contributed by atoms with Gasteiger partial charge < -0.3 is 10.5 Å². The average Bonchev–Trinajstić information content (AvgIpc) is 2.49. The van der Waals surface area contributed by atoms with E-state index in [2.05, 4.69) is 0 Å². The molecule has 1 saturated heterocycles. The molecule has 1 aliphatic heterocycles. The monoisotopic (exact) mass is 340 g/mol. The molecule has 7 heteroatoms. The van der Waals surface area contributed by atoms with Crippen LogP contribution in [-0.4, -0.2) is 37.8 Å². The molecule has 1 aromatic rings. The van der Waals surface area contributed by atoms with E-state index in [1.54, 1.807) is 18.2 Å². The maximum atomic E-state index is 12.7. The minimum atomic E-state index is -3.55. The van der Waals surface area contributed by atoms with Crippen LogP contribution in [0.1, 0.15) is 32.3 Å². The molecule has 1 aliphatic rings. The van der Waals surface area contributed by atoms with Crippen molar-refractivity contribution in [1.29, 1.82) is 0 Å². The van der Waals surface area contributed by atoms with Gasteiger partial charge in [0.2, 0.25) is 15.9 Å². The number of rotatable bonds is 5. The molecule has 2 N–H and O–H groups in total. The summed E-state index contributed by atoms with van der Waals surface area (Å²) in [6, 6.07) is 4.89. The molecule has 1 fully saturated rings. The number of nitrogens with two attached hydrogens (primary N) is 1. The van der Waals surface area contributed by atoms with Crippen molar-refractivity contribution in [3.05, 3.63) is 23.8 Å². The van der Waals surface area contributed by atoms with E-state index in [9.17, 15) is 13.2 Å². The summed E-state index contributed by atoms with van der Waals surface area (Å²) >= 11 is 0. The lowest BCUT2D eigenvalue weighted by atomic mass is 9.98. The molecule has 0 aromatic heterocycles. The minimum Gasteiger partial charge on any atom is -0.491 e. The quantitative estimate of drug-likeness (QED) is 0.883. The van der Waals surface area contributed by atoms with Crippen LogP contribution in [0.2, 0.25) is 0 Å². The van der Waals surface area contributed by atoms with E-state index in [0.717, 1.165) is 5.56 Å². The molecule has 0 radical (unpaired) electrons. The highest BCUT2D eigenvalue weighted by Crippen LogP contribution is 2.27. The molecular weight excluding hydrogens is 316 g/mol. The molecule has 23 heavy (non-hydrogen) atoms. The highest BCUT2D eigenvalue weighted by atomic mass is 32.2. The number of hydrogen-bond acceptors (Lipinski definition) is 4. The minimum absolute atomic E-state index is 0.0315. The fourth-order valence-corrected chi connectivity index (χ4v) is 4.25. The smallest absolute Gasteiger partial charge is 0.243 e. The van der Waals surface area contributed by atoms with Gasteiger partial charge in [-0.3, -0.25) is 4.79 Å². The largest absolute Gasteiger partial charge is 0.491 e. The van der Waals surface area contributed by atoms with Gasteiger partial charge in [0.05, 0.1) is 11.0 Å². The zero-order valence-corrected chi connectivity index (χ0v) is 14.6. The van der Waals surface area contributed by atoms with Crippen molar-refractivity contribution in [3.8, 4) is 5.75 Å². The lowest BCUT2D eigenvalue weighted by Gasteiger charge is -2.29. The van der Waals surface area contributed by atoms with Gasteiger partial charge >= 0.3 is 0 Å². The molecule has 0 saturated carbocycles. The molecule has 1 aromatic carbocycles. The predicted octanol–water partition coefficient (Wildman–Crippen LogP) is 1.67. The normalized spacial score (nSPS) is 17.4. The zero-order chi connectivity index (χ0) is 17.2. The number of hydrogen-bond donors (Lipinski definition) is 1. The summed E-state index contributed by atoms with van der Waals surface area (Å²) in [6.45, 7) is 6.31. The standard InChI is InChI=1S/C16H24N2O4S/c1-11(2)22-15-5-4-14(10-12(15)3)23(20,21)18-8-6-13(7-9-18)16(17)19/h4-5,10-11,13H,6-9H2,1-3H3,(H2,17,19). The SMILES string of the molecule is Cc1cc(S(=O)(=O)N2CCC(C(N)=O)CC2)ccc1OC(C)C. The number of ether oxygens (including phenoxy) is 1. The van der Waals surface area contributed by atoms with Gasteiger partial charge in [0, 0.05) is 19.0 Å². The van der Waals surface area contributed by atoms with Gasteiger partial charge in [-0.05, 0) is 57.4 Å². The molecule has 2 rings (SSSR count). The fourth-order valence-electron chi connectivity index (χ4n) is 2.70. The Bertz CT molecular complexity index is 677. The number of carbonyl (C=O) groups is 1. The Morgan fingerprint density at radius 2 is 1.91 bits per heavy atom. The number of nitrogens with zero attached hydrogens (tertiary/aromatic N) is 1. The van der Waals surface area contributed by atoms with Gasteiger partial charge in [0.15, 0.2) is 0 Å². The van der Waals surface area contributed by atoms with E-state index in [1.807, 2.05) is 20.8 Å². The maximum Gasteiger partial charge on any atom is 0.243 e. The first-order valence-electron chi connectivity index (χ1n) is 7.78. The summed E-state index contributed by atoms with van der Waals surface area (Å²) < 4.78 is 32.5. The molecule has 0 atom stereocenters. The van der Waals surface area contributed by atoms with Crippen LogP contribution in [0.5, 0.6) is 5.75 Å². The average molecular weight is 340 g/mol. The van der Waals surface area contributed by atoms with Crippen molar-refractivity contribution in [2.24, 2.45) is 11.7 Å². The fraction of sp³-hybridized carbons (Fsp3) is 0.562. The number of aryl methyl sites for hydroxylation is 1. The number of amides is 1. The van der Waals surface area contributed by atoms with Crippen molar-refractivity contribution >= 4 is 15.9 Å². The first kappa shape index (κ1) is 17.7. The molecule has 6 nitrogen and oxygen atoms in total. The van der Waals surface area contributed by atoms with E-state index < -0.39 is 10.0 Å². The van der Waals surface area contributed by atoms with Gasteiger partial charge in [0.25, 0.3) is 0 Å². The van der Waals surface area contributed by atoms with Crippen molar-refractivity contribution < 1.29 is 17.9 Å². The first-order chi connectivity index (χ1) is 10.7. The van der Waals surface area contributed by atoms with Gasteiger partial charge in [-0.25, -0.2) is 8.42 Å². The molecule has 0 bridgehead atoms. The number of primary amides is 1. The Hall–Kier alpha value is -1.60. The van der Waals surface area contributed by atoms with E-state index in [4.69, 9.17) is 10.5 Å². The van der Waals surface area contributed by atoms with Crippen LogP contribution in [0, 0.1) is 12.8 Å². The molecule has 128 valence electrons. The Morgan fingerprint density at radius 3 is 2.39 bits per heavy atom. The highest BCUT2D eigenvalue weighted by molar-refractivity contribution is 7.89. The van der Waals surface area contributed by atoms with Gasteiger partial charge in [-0.2, -0.15) is 4.31 Å². The molecule has 1 heterocycles. The van der Waals surface area contributed by atoms with E-state index in [-0.39, 0.29) is 22.8 Å². The summed E-state index contributed by atoms with van der Waals surface area (Å²) in [5.41, 5.74) is 6.07. The lowest BCUT2D eigenvalue weighted by Crippen LogP contribution is -2.41. The third kappa shape index (κ3) is 4.03. The van der Waals surface area contributed by atoms with Crippen LogP contribution in [0.25, 0.3) is 0 Å². The number of carbonyl (C=O) groups excluding carboxylic acids is 1. The van der Waals surface area contributed by atoms with Crippen molar-refractivity contribution in [2.45, 2.75) is 44.6 Å². The summed E-state index contributed by atoms with van der Waals surface area (Å²) in [5.74, 6) is 0.101. The summed E-state index contributed by atoms with van der Waals surface area (Å²) in [5, 5.41) is 0. The molecule has 0 aliphatic carbocycles. The van der Waals surface area contributed by atoms with Crippen LogP contribution >= 0.6 is 0 Å². The summed E-state index contributed by atoms with van der Waals surface area (Å²) in [4.78, 5) is 11.4. The van der Waals surface area contributed by atoms with E-state index in [0.29, 0.717) is 31.7 Å². The Balaban J connectivity index is 2.17. The molecule has 1 amide bonds. The zero-order valence-electron chi connectivity index (χ0n) is 13.8. The second-order valence-electron chi connectivity index (χ2n) is 6.17. The highest BCUT2D eigenvalue weighted by Gasteiger charge is 2.31. The van der Waals surface area contributed by atoms with Crippen molar-refractivity contribution in [3.63, 3.8) is 0 Å². The Kier molecular flexibility index (Phi) is 5.31. The third-order valence-electron chi connectivity index (χ3n) is 4.00. The molecule has 0 unspecified atom stereocenters. The van der Waals surface area contributed by atoms with Crippen LogP contribution < -0.4 is 10.5 Å². The summed E-state index contributed by atoms with van der Waals surface area (Å²) in [7, 11) is -3.55. The first-order valence-corrected chi connectivity index (χ1v) is 9.22. The second kappa shape index (κ2) is 6.88. The van der Waals surface area contributed by atoms with Gasteiger partial charge in [0.1, 0.15) is 5.75 Å². The second-order valence-corrected chi connectivity index (χ2v) is 8.11. The predicted molar refractivity (Wildman–Crippen MR) is 87.6 cm³/mol. The van der Waals surface area contributed by atoms with E-state index in [1.165, 1.54) is 4.31 Å². The van der Waals surface area contributed by atoms with Crippen molar-refractivity contribution in [2.75, 3.05) is 13.1 Å². The van der Waals surface area contributed by atoms with E-state index >= 15 is 0 Å². The maximum absolute atomic E-state index is 12.7. The van der Waals surface area contributed by atoms with Crippen LogP contribution in [0.3, 0.4) is 0 Å². The number of piperidine rings is 1. The number of sulfonamides is 1. The molecular formula is C16H24N2O4S. The van der Waals surface area contributed by atoms with Gasteiger partial charge in [-0.1, -0.05) is 0 Å². The Morgan fingerprint density at radius 1 is 1.30 bits per heavy atom. The third-order valence-corrected chi connectivity index (χ3v) is 5.90. The summed E-state index contributed by atoms with van der Waals surface area (Å²) in [6.07, 6.45) is 0.980. The van der Waals surface area contributed by atoms with Gasteiger partial charge in [-0.15, -0.1) is 0 Å². The lowest BCUT2D eigenvalue weighted by molar-refractivity contribution is -0.122. The topological polar surface area (TPSA) is 89.7 Å². The van der Waals surface area contributed by atoms with Crippen LogP contribution in [-0.2, 0) is 14.8 Å². The molecule has 0 spiro atoms. The van der Waals surface area contributed by atoms with Crippen LogP contribution in [0.15, 0.2) is 23.1 Å². The van der Waals surface area contributed by atoms with Crippen molar-refractivity contribution in [1.82, 2.24) is 4.31 Å².